The van der Waals surface area contributed by atoms with Crippen LogP contribution in [0.2, 0.25) is 0 Å². The van der Waals surface area contributed by atoms with Crippen molar-refractivity contribution in [2.45, 2.75) is 38.6 Å². The van der Waals surface area contributed by atoms with Crippen molar-refractivity contribution in [3.63, 3.8) is 0 Å². The first-order valence-corrected chi connectivity index (χ1v) is 8.20. The van der Waals surface area contributed by atoms with E-state index in [9.17, 15) is 4.79 Å². The van der Waals surface area contributed by atoms with Gasteiger partial charge in [-0.1, -0.05) is 28.1 Å². The van der Waals surface area contributed by atoms with Gasteiger partial charge in [-0.2, -0.15) is 0 Å². The van der Waals surface area contributed by atoms with Crippen LogP contribution in [-0.2, 0) is 4.79 Å². The van der Waals surface area contributed by atoms with E-state index in [1.807, 2.05) is 25.1 Å². The Morgan fingerprint density at radius 3 is 3.10 bits per heavy atom. The van der Waals surface area contributed by atoms with Gasteiger partial charge in [0.05, 0.1) is 6.04 Å². The molecule has 4 heteroatoms. The molecule has 1 saturated heterocycles. The molecule has 2 rings (SSSR count). The number of rotatable bonds is 5. The van der Waals surface area contributed by atoms with E-state index in [-0.39, 0.29) is 11.9 Å². The molecule has 1 aromatic carbocycles. The lowest BCUT2D eigenvalue weighted by atomic mass is 9.94. The van der Waals surface area contributed by atoms with E-state index in [2.05, 4.69) is 32.6 Å². The molecule has 110 valence electrons. The van der Waals surface area contributed by atoms with Crippen LogP contribution < -0.4 is 10.6 Å². The second-order valence-electron chi connectivity index (χ2n) is 5.60. The lowest BCUT2D eigenvalue weighted by molar-refractivity contribution is -0.122. The van der Waals surface area contributed by atoms with Gasteiger partial charge in [0.15, 0.2) is 0 Å². The summed E-state index contributed by atoms with van der Waals surface area (Å²) in [4.78, 5) is 12.0. The molecule has 0 radical (unpaired) electrons. The van der Waals surface area contributed by atoms with Crippen molar-refractivity contribution in [1.29, 1.82) is 0 Å². The number of carbonyl (C=O) groups excluding carboxylic acids is 1. The molecule has 0 bridgehead atoms. The van der Waals surface area contributed by atoms with Crippen molar-refractivity contribution < 1.29 is 4.79 Å². The number of hydrogen-bond donors (Lipinski definition) is 2. The standard InChI is InChI=1S/C16H23BrN2O/c1-12(14-5-2-6-15(17)10-14)19-16(20)8-7-13-4-3-9-18-11-13/h2,5-6,10,12-13,18H,3-4,7-9,11H2,1H3,(H,19,20). The minimum Gasteiger partial charge on any atom is -0.350 e. The highest BCUT2D eigenvalue weighted by Crippen LogP contribution is 2.19. The number of halogens is 1. The summed E-state index contributed by atoms with van der Waals surface area (Å²) < 4.78 is 1.05. The number of carbonyl (C=O) groups is 1. The maximum Gasteiger partial charge on any atom is 0.220 e. The van der Waals surface area contributed by atoms with Gasteiger partial charge in [-0.25, -0.2) is 0 Å². The Morgan fingerprint density at radius 1 is 1.55 bits per heavy atom. The first-order valence-electron chi connectivity index (χ1n) is 7.40. The molecule has 0 spiro atoms. The van der Waals surface area contributed by atoms with E-state index < -0.39 is 0 Å². The molecule has 20 heavy (non-hydrogen) atoms. The molecule has 2 unspecified atom stereocenters. The Hall–Kier alpha value is -0.870. The van der Waals surface area contributed by atoms with Crippen LogP contribution in [0.25, 0.3) is 0 Å². The molecule has 0 saturated carbocycles. The zero-order chi connectivity index (χ0) is 14.4. The fourth-order valence-corrected chi connectivity index (χ4v) is 3.10. The van der Waals surface area contributed by atoms with Crippen LogP contribution in [0.15, 0.2) is 28.7 Å². The van der Waals surface area contributed by atoms with E-state index in [4.69, 9.17) is 0 Å². The van der Waals surface area contributed by atoms with Gasteiger partial charge in [-0.15, -0.1) is 0 Å². The Morgan fingerprint density at radius 2 is 2.40 bits per heavy atom. The summed E-state index contributed by atoms with van der Waals surface area (Å²) in [5.41, 5.74) is 1.13. The molecule has 3 nitrogen and oxygen atoms in total. The van der Waals surface area contributed by atoms with Crippen molar-refractivity contribution >= 4 is 21.8 Å². The number of benzene rings is 1. The number of hydrogen-bond acceptors (Lipinski definition) is 2. The highest BCUT2D eigenvalue weighted by molar-refractivity contribution is 9.10. The molecule has 0 aromatic heterocycles. The molecule has 2 atom stereocenters. The fourth-order valence-electron chi connectivity index (χ4n) is 2.68. The quantitative estimate of drug-likeness (QED) is 0.863. The van der Waals surface area contributed by atoms with E-state index in [0.717, 1.165) is 29.5 Å². The minimum absolute atomic E-state index is 0.0597. The van der Waals surface area contributed by atoms with Crippen molar-refractivity contribution in [1.82, 2.24) is 10.6 Å². The maximum atomic E-state index is 12.0. The molecule has 0 aliphatic carbocycles. The Bertz CT molecular complexity index is 444. The Labute approximate surface area is 129 Å². The molecule has 1 aliphatic heterocycles. The van der Waals surface area contributed by atoms with Crippen LogP contribution >= 0.6 is 15.9 Å². The van der Waals surface area contributed by atoms with Gasteiger partial charge < -0.3 is 10.6 Å². The number of piperidine rings is 1. The third kappa shape index (κ3) is 4.91. The number of amides is 1. The smallest absolute Gasteiger partial charge is 0.220 e. The monoisotopic (exact) mass is 338 g/mol. The van der Waals surface area contributed by atoms with Crippen LogP contribution in [0.5, 0.6) is 0 Å². The van der Waals surface area contributed by atoms with Crippen molar-refractivity contribution in [3.05, 3.63) is 34.3 Å². The zero-order valence-electron chi connectivity index (χ0n) is 12.0. The van der Waals surface area contributed by atoms with Crippen LogP contribution in [-0.4, -0.2) is 19.0 Å². The molecule has 1 aliphatic rings. The van der Waals surface area contributed by atoms with E-state index in [1.54, 1.807) is 0 Å². The Kier molecular flexibility index (Phi) is 6.05. The summed E-state index contributed by atoms with van der Waals surface area (Å²) in [5, 5.41) is 6.48. The highest BCUT2D eigenvalue weighted by Gasteiger charge is 2.15. The molecule has 1 heterocycles. The van der Waals surface area contributed by atoms with Crippen LogP contribution in [0.4, 0.5) is 0 Å². The molecular formula is C16H23BrN2O. The normalized spacial score (nSPS) is 20.4. The van der Waals surface area contributed by atoms with Crippen molar-refractivity contribution in [2.24, 2.45) is 5.92 Å². The van der Waals surface area contributed by atoms with Gasteiger partial charge in [0, 0.05) is 10.9 Å². The third-order valence-corrected chi connectivity index (χ3v) is 4.40. The van der Waals surface area contributed by atoms with Gasteiger partial charge in [-0.3, -0.25) is 4.79 Å². The van der Waals surface area contributed by atoms with Gasteiger partial charge in [0.2, 0.25) is 5.91 Å². The molecule has 1 amide bonds. The lowest BCUT2D eigenvalue weighted by Gasteiger charge is -2.22. The van der Waals surface area contributed by atoms with Gasteiger partial charge in [0.1, 0.15) is 0 Å². The van der Waals surface area contributed by atoms with E-state index in [0.29, 0.717) is 12.3 Å². The maximum absolute atomic E-state index is 12.0. The summed E-state index contributed by atoms with van der Waals surface area (Å²) in [6.45, 7) is 4.22. The highest BCUT2D eigenvalue weighted by atomic mass is 79.9. The summed E-state index contributed by atoms with van der Waals surface area (Å²) in [6, 6.07) is 8.14. The third-order valence-electron chi connectivity index (χ3n) is 3.90. The number of nitrogens with one attached hydrogen (secondary N) is 2. The average molecular weight is 339 g/mol. The SMILES string of the molecule is CC(NC(=O)CCC1CCCNC1)c1cccc(Br)c1. The molecule has 1 fully saturated rings. The second-order valence-corrected chi connectivity index (χ2v) is 6.51. The largest absolute Gasteiger partial charge is 0.350 e. The first-order chi connectivity index (χ1) is 9.65. The molecule has 1 aromatic rings. The lowest BCUT2D eigenvalue weighted by Crippen LogP contribution is -2.31. The van der Waals surface area contributed by atoms with Gasteiger partial charge >= 0.3 is 0 Å². The zero-order valence-corrected chi connectivity index (χ0v) is 13.6. The van der Waals surface area contributed by atoms with Gasteiger partial charge in [-0.05, 0) is 62.9 Å². The fraction of sp³-hybridized carbons (Fsp3) is 0.562. The summed E-state index contributed by atoms with van der Waals surface area (Å²) in [6.07, 6.45) is 4.11. The predicted octanol–water partition coefficient (Wildman–Crippen LogP) is 3.41. The van der Waals surface area contributed by atoms with Crippen LogP contribution in [0.1, 0.15) is 44.2 Å². The van der Waals surface area contributed by atoms with Crippen LogP contribution in [0.3, 0.4) is 0 Å². The summed E-state index contributed by atoms with van der Waals surface area (Å²) >= 11 is 3.46. The Balaban J connectivity index is 1.76. The van der Waals surface area contributed by atoms with E-state index >= 15 is 0 Å². The topological polar surface area (TPSA) is 41.1 Å². The summed E-state index contributed by atoms with van der Waals surface area (Å²) in [5.74, 6) is 0.818. The predicted molar refractivity (Wildman–Crippen MR) is 85.5 cm³/mol. The van der Waals surface area contributed by atoms with Crippen LogP contribution in [0, 0.1) is 5.92 Å². The van der Waals surface area contributed by atoms with E-state index in [1.165, 1.54) is 12.8 Å². The van der Waals surface area contributed by atoms with Crippen molar-refractivity contribution in [2.75, 3.05) is 13.1 Å². The minimum atomic E-state index is 0.0597. The molecular weight excluding hydrogens is 316 g/mol. The molecule has 2 N–H and O–H groups in total. The second kappa shape index (κ2) is 7.79. The first kappa shape index (κ1) is 15.5. The average Bonchev–Trinajstić information content (AvgIpc) is 2.46. The summed E-state index contributed by atoms with van der Waals surface area (Å²) in [7, 11) is 0. The van der Waals surface area contributed by atoms with Gasteiger partial charge in [0.25, 0.3) is 0 Å². The van der Waals surface area contributed by atoms with Crippen molar-refractivity contribution in [3.8, 4) is 0 Å².